The van der Waals surface area contributed by atoms with Gasteiger partial charge in [0.05, 0.1) is 13.1 Å². The van der Waals surface area contributed by atoms with Crippen LogP contribution in [0.1, 0.15) is 17.3 Å². The molecule has 1 aliphatic heterocycles. The van der Waals surface area contributed by atoms with E-state index < -0.39 is 10.0 Å². The van der Waals surface area contributed by atoms with E-state index in [0.29, 0.717) is 37.0 Å². The zero-order valence-corrected chi connectivity index (χ0v) is 12.7. The average molecular weight is 311 g/mol. The molecule has 1 N–H and O–H groups in total. The van der Waals surface area contributed by atoms with Gasteiger partial charge in [0.2, 0.25) is 10.0 Å². The van der Waals surface area contributed by atoms with Crippen LogP contribution in [0.15, 0.2) is 21.7 Å². The van der Waals surface area contributed by atoms with E-state index in [-0.39, 0.29) is 11.4 Å². The third-order valence-corrected chi connectivity index (χ3v) is 5.45. The highest BCUT2D eigenvalue weighted by Gasteiger charge is 2.32. The molecule has 2 aromatic rings. The standard InChI is InChI=1S/C12H17N5O3S/c1-9-11(5-10(20-9)6-13-2)21(18,19)17-4-3-16-8-14-15-12(16)7-17/h5,8,13H,3-4,6-7H2,1-2H3. The first kappa shape index (κ1) is 14.2. The Morgan fingerprint density at radius 2 is 2.24 bits per heavy atom. The highest BCUT2D eigenvalue weighted by Crippen LogP contribution is 2.26. The van der Waals surface area contributed by atoms with Crippen molar-refractivity contribution in [3.8, 4) is 0 Å². The van der Waals surface area contributed by atoms with Crippen molar-refractivity contribution in [3.63, 3.8) is 0 Å². The summed E-state index contributed by atoms with van der Waals surface area (Å²) in [6.45, 7) is 3.35. The van der Waals surface area contributed by atoms with Crippen LogP contribution in [-0.2, 0) is 29.7 Å². The second-order valence-electron chi connectivity index (χ2n) is 4.94. The molecular weight excluding hydrogens is 294 g/mol. The molecule has 0 spiro atoms. The Balaban J connectivity index is 1.91. The minimum absolute atomic E-state index is 0.223. The maximum atomic E-state index is 12.7. The van der Waals surface area contributed by atoms with Gasteiger partial charge in [0.15, 0.2) is 0 Å². The van der Waals surface area contributed by atoms with E-state index in [1.165, 1.54) is 4.31 Å². The molecule has 21 heavy (non-hydrogen) atoms. The zero-order chi connectivity index (χ0) is 15.0. The molecule has 2 aromatic heterocycles. The Kier molecular flexibility index (Phi) is 3.56. The maximum Gasteiger partial charge on any atom is 0.247 e. The van der Waals surface area contributed by atoms with E-state index in [1.54, 1.807) is 26.4 Å². The molecule has 1 aliphatic rings. The molecule has 0 saturated heterocycles. The minimum atomic E-state index is -3.58. The van der Waals surface area contributed by atoms with Crippen LogP contribution >= 0.6 is 0 Å². The number of hydrogen-bond donors (Lipinski definition) is 1. The van der Waals surface area contributed by atoms with Gasteiger partial charge in [0.25, 0.3) is 0 Å². The highest BCUT2D eigenvalue weighted by atomic mass is 32.2. The van der Waals surface area contributed by atoms with Crippen molar-refractivity contribution in [3.05, 3.63) is 29.7 Å². The lowest BCUT2D eigenvalue weighted by molar-refractivity contribution is 0.334. The molecule has 0 aliphatic carbocycles. The summed E-state index contributed by atoms with van der Waals surface area (Å²) in [4.78, 5) is 0.223. The van der Waals surface area contributed by atoms with E-state index in [1.807, 2.05) is 4.57 Å². The average Bonchev–Trinajstić information content (AvgIpc) is 3.04. The van der Waals surface area contributed by atoms with Crippen molar-refractivity contribution in [2.45, 2.75) is 31.5 Å². The lowest BCUT2D eigenvalue weighted by Gasteiger charge is -2.25. The number of rotatable bonds is 4. The molecule has 3 heterocycles. The van der Waals surface area contributed by atoms with Crippen molar-refractivity contribution in [2.24, 2.45) is 0 Å². The summed E-state index contributed by atoms with van der Waals surface area (Å²) < 4.78 is 34.3. The molecule has 3 rings (SSSR count). The number of hydrogen-bond acceptors (Lipinski definition) is 6. The topological polar surface area (TPSA) is 93.3 Å². The van der Waals surface area contributed by atoms with Gasteiger partial charge in [0, 0.05) is 19.2 Å². The monoisotopic (exact) mass is 311 g/mol. The molecule has 0 fully saturated rings. The minimum Gasteiger partial charge on any atom is -0.464 e. The first-order valence-corrected chi connectivity index (χ1v) is 8.07. The predicted octanol–water partition coefficient (Wildman–Crippen LogP) is 0.103. The van der Waals surface area contributed by atoms with Gasteiger partial charge in [-0.2, -0.15) is 4.31 Å². The van der Waals surface area contributed by atoms with E-state index in [9.17, 15) is 8.42 Å². The smallest absolute Gasteiger partial charge is 0.247 e. The van der Waals surface area contributed by atoms with Gasteiger partial charge in [-0.1, -0.05) is 0 Å². The van der Waals surface area contributed by atoms with Crippen LogP contribution in [0.2, 0.25) is 0 Å². The summed E-state index contributed by atoms with van der Waals surface area (Å²) >= 11 is 0. The van der Waals surface area contributed by atoms with Crippen molar-refractivity contribution in [1.29, 1.82) is 0 Å². The van der Waals surface area contributed by atoms with Crippen LogP contribution in [0.4, 0.5) is 0 Å². The largest absolute Gasteiger partial charge is 0.464 e. The fourth-order valence-corrected chi connectivity index (χ4v) is 4.00. The number of aryl methyl sites for hydroxylation is 1. The predicted molar refractivity (Wildman–Crippen MR) is 73.8 cm³/mol. The molecule has 0 unspecified atom stereocenters. The van der Waals surface area contributed by atoms with Gasteiger partial charge in [-0.15, -0.1) is 10.2 Å². The van der Waals surface area contributed by atoms with E-state index in [0.717, 1.165) is 0 Å². The Morgan fingerprint density at radius 1 is 1.43 bits per heavy atom. The SMILES string of the molecule is CNCc1cc(S(=O)(=O)N2CCn3cnnc3C2)c(C)o1. The first-order valence-electron chi connectivity index (χ1n) is 6.63. The third kappa shape index (κ3) is 2.47. The van der Waals surface area contributed by atoms with Crippen LogP contribution in [0.3, 0.4) is 0 Å². The van der Waals surface area contributed by atoms with E-state index in [4.69, 9.17) is 4.42 Å². The highest BCUT2D eigenvalue weighted by molar-refractivity contribution is 7.89. The molecule has 114 valence electrons. The molecule has 0 aromatic carbocycles. The van der Waals surface area contributed by atoms with Crippen molar-refractivity contribution in [1.82, 2.24) is 24.4 Å². The van der Waals surface area contributed by atoms with Crippen LogP contribution in [0.25, 0.3) is 0 Å². The summed E-state index contributed by atoms with van der Waals surface area (Å²) in [6, 6.07) is 1.58. The quantitative estimate of drug-likeness (QED) is 0.861. The fourth-order valence-electron chi connectivity index (χ4n) is 2.43. The normalized spacial score (nSPS) is 16.1. The molecule has 8 nitrogen and oxygen atoms in total. The number of nitrogens with one attached hydrogen (secondary N) is 1. The van der Waals surface area contributed by atoms with Crippen LogP contribution in [0, 0.1) is 6.92 Å². The summed E-state index contributed by atoms with van der Waals surface area (Å²) in [5, 5.41) is 10.7. The summed E-state index contributed by atoms with van der Waals surface area (Å²) in [7, 11) is -1.80. The second kappa shape index (κ2) is 5.24. The Labute approximate surface area is 122 Å². The fraction of sp³-hybridized carbons (Fsp3) is 0.500. The summed E-state index contributed by atoms with van der Waals surface area (Å²) in [5.41, 5.74) is 0. The number of fused-ring (bicyclic) bond motifs is 1. The van der Waals surface area contributed by atoms with Crippen molar-refractivity contribution >= 4 is 10.0 Å². The second-order valence-corrected chi connectivity index (χ2v) is 6.85. The van der Waals surface area contributed by atoms with Gasteiger partial charge in [-0.05, 0) is 14.0 Å². The van der Waals surface area contributed by atoms with Gasteiger partial charge in [0.1, 0.15) is 28.6 Å². The Hall–Kier alpha value is -1.71. The number of nitrogens with zero attached hydrogens (tertiary/aromatic N) is 4. The number of sulfonamides is 1. The van der Waals surface area contributed by atoms with Crippen LogP contribution in [0.5, 0.6) is 0 Å². The molecule has 0 atom stereocenters. The van der Waals surface area contributed by atoms with Crippen LogP contribution < -0.4 is 5.32 Å². The Morgan fingerprint density at radius 3 is 3.00 bits per heavy atom. The molecule has 0 bridgehead atoms. The molecule has 0 amide bonds. The summed E-state index contributed by atoms with van der Waals surface area (Å²) in [6.07, 6.45) is 1.62. The lowest BCUT2D eigenvalue weighted by Crippen LogP contribution is -2.38. The molecule has 0 radical (unpaired) electrons. The van der Waals surface area contributed by atoms with E-state index in [2.05, 4.69) is 15.5 Å². The van der Waals surface area contributed by atoms with Gasteiger partial charge < -0.3 is 14.3 Å². The van der Waals surface area contributed by atoms with Crippen molar-refractivity contribution in [2.75, 3.05) is 13.6 Å². The van der Waals surface area contributed by atoms with Crippen molar-refractivity contribution < 1.29 is 12.8 Å². The maximum absolute atomic E-state index is 12.7. The molecular formula is C12H17N5O3S. The summed E-state index contributed by atoms with van der Waals surface area (Å²) in [5.74, 6) is 1.67. The Bertz CT molecular complexity index is 749. The van der Waals surface area contributed by atoms with Gasteiger partial charge >= 0.3 is 0 Å². The number of aromatic nitrogens is 3. The number of furan rings is 1. The van der Waals surface area contributed by atoms with E-state index >= 15 is 0 Å². The lowest BCUT2D eigenvalue weighted by atomic mass is 10.4. The van der Waals surface area contributed by atoms with Crippen LogP contribution in [-0.4, -0.2) is 41.1 Å². The molecule has 9 heteroatoms. The molecule has 0 saturated carbocycles. The third-order valence-electron chi connectivity index (χ3n) is 3.50. The first-order chi connectivity index (χ1) is 10.0. The van der Waals surface area contributed by atoms with Gasteiger partial charge in [-0.3, -0.25) is 0 Å². The zero-order valence-electron chi connectivity index (χ0n) is 11.9. The van der Waals surface area contributed by atoms with Gasteiger partial charge in [-0.25, -0.2) is 8.42 Å².